The molecule has 2 heterocycles. The number of nitrogens with two attached hydrogens (primary N) is 1. The summed E-state index contributed by atoms with van der Waals surface area (Å²) in [7, 11) is 0. The van der Waals surface area contributed by atoms with E-state index in [4.69, 9.17) is 17.3 Å². The van der Waals surface area contributed by atoms with Gasteiger partial charge in [-0.3, -0.25) is 9.78 Å². The minimum Gasteiger partial charge on any atom is -0.366 e. The van der Waals surface area contributed by atoms with Crippen LogP contribution in [0.3, 0.4) is 0 Å². The van der Waals surface area contributed by atoms with Gasteiger partial charge in [-0.15, -0.1) is 0 Å². The van der Waals surface area contributed by atoms with Crippen molar-refractivity contribution in [2.75, 3.05) is 0 Å². The third-order valence-corrected chi connectivity index (χ3v) is 3.47. The monoisotopic (exact) mass is 312 g/mol. The number of amides is 1. The minimum absolute atomic E-state index is 0.409. The fraction of sp³-hybridized carbons (Fsp3) is 0.0625. The van der Waals surface area contributed by atoms with Crippen LogP contribution in [0, 0.1) is 0 Å². The van der Waals surface area contributed by atoms with Crippen molar-refractivity contribution in [2.45, 2.75) is 6.42 Å². The number of aromatic nitrogens is 3. The lowest BCUT2D eigenvalue weighted by atomic mass is 10.1. The molecule has 0 fully saturated rings. The lowest BCUT2D eigenvalue weighted by Crippen LogP contribution is -2.11. The van der Waals surface area contributed by atoms with Gasteiger partial charge in [0.2, 0.25) is 5.91 Å². The van der Waals surface area contributed by atoms with Gasteiger partial charge in [0.05, 0.1) is 5.69 Å². The van der Waals surface area contributed by atoms with Gasteiger partial charge in [0.25, 0.3) is 0 Å². The maximum Gasteiger partial charge on any atom is 0.248 e. The van der Waals surface area contributed by atoms with Crippen LogP contribution in [-0.2, 0) is 6.42 Å². The third-order valence-electron chi connectivity index (χ3n) is 3.22. The minimum atomic E-state index is -0.486. The number of pyridine rings is 1. The number of nitrogens with one attached hydrogen (secondary N) is 1. The molecule has 0 radical (unpaired) electrons. The van der Waals surface area contributed by atoms with Crippen LogP contribution < -0.4 is 5.73 Å². The van der Waals surface area contributed by atoms with Crippen molar-refractivity contribution >= 4 is 17.5 Å². The molecule has 3 aromatic rings. The van der Waals surface area contributed by atoms with Crippen LogP contribution in [0.1, 0.15) is 21.7 Å². The van der Waals surface area contributed by atoms with E-state index in [0.29, 0.717) is 28.4 Å². The first kappa shape index (κ1) is 14.3. The molecule has 0 saturated heterocycles. The molecule has 1 aromatic carbocycles. The van der Waals surface area contributed by atoms with Gasteiger partial charge in [0.15, 0.2) is 0 Å². The van der Waals surface area contributed by atoms with Gasteiger partial charge in [-0.25, -0.2) is 4.98 Å². The third kappa shape index (κ3) is 3.15. The van der Waals surface area contributed by atoms with Crippen molar-refractivity contribution in [3.63, 3.8) is 0 Å². The number of hydrogen-bond donors (Lipinski definition) is 2. The largest absolute Gasteiger partial charge is 0.366 e. The number of H-pyrrole nitrogens is 1. The number of imidazole rings is 1. The summed E-state index contributed by atoms with van der Waals surface area (Å²) in [5, 5.41) is 0.705. The average molecular weight is 313 g/mol. The highest BCUT2D eigenvalue weighted by molar-refractivity contribution is 6.30. The van der Waals surface area contributed by atoms with E-state index >= 15 is 0 Å². The Hall–Kier alpha value is -2.66. The molecule has 0 aliphatic carbocycles. The van der Waals surface area contributed by atoms with Crippen molar-refractivity contribution in [2.24, 2.45) is 5.73 Å². The molecule has 2 aromatic heterocycles. The van der Waals surface area contributed by atoms with E-state index in [1.165, 1.54) is 0 Å². The van der Waals surface area contributed by atoms with E-state index in [0.717, 1.165) is 11.4 Å². The fourth-order valence-corrected chi connectivity index (χ4v) is 2.23. The van der Waals surface area contributed by atoms with Gasteiger partial charge < -0.3 is 10.7 Å². The predicted molar refractivity (Wildman–Crippen MR) is 84.6 cm³/mol. The number of hydrogen-bond acceptors (Lipinski definition) is 3. The van der Waals surface area contributed by atoms with Crippen LogP contribution in [0.5, 0.6) is 0 Å². The average Bonchev–Trinajstić information content (AvgIpc) is 2.98. The molecular formula is C16H13ClN4O. The summed E-state index contributed by atoms with van der Waals surface area (Å²) in [5.74, 6) is 0.323. The number of aromatic amines is 1. The second-order valence-corrected chi connectivity index (χ2v) is 5.27. The smallest absolute Gasteiger partial charge is 0.248 e. The zero-order valence-electron chi connectivity index (χ0n) is 11.6. The number of primary amides is 1. The Morgan fingerprint density at radius 3 is 2.68 bits per heavy atom. The molecule has 3 N–H and O–H groups in total. The SMILES string of the molecule is NC(=O)c1ccnc(-c2c[nH]c(Cc3ccc(Cl)cc3)n2)c1. The maximum atomic E-state index is 11.2. The first-order valence-corrected chi connectivity index (χ1v) is 7.04. The lowest BCUT2D eigenvalue weighted by molar-refractivity contribution is 0.1000. The zero-order valence-corrected chi connectivity index (χ0v) is 12.3. The first-order chi connectivity index (χ1) is 10.6. The summed E-state index contributed by atoms with van der Waals surface area (Å²) >= 11 is 5.87. The Labute approximate surface area is 132 Å². The number of carbonyl (C=O) groups excluding carboxylic acids is 1. The first-order valence-electron chi connectivity index (χ1n) is 6.67. The highest BCUT2D eigenvalue weighted by Gasteiger charge is 2.08. The van der Waals surface area contributed by atoms with Gasteiger partial charge in [-0.05, 0) is 29.8 Å². The van der Waals surface area contributed by atoms with Crippen LogP contribution in [0.4, 0.5) is 0 Å². The molecule has 3 rings (SSSR count). The van der Waals surface area contributed by atoms with E-state index in [9.17, 15) is 4.79 Å². The van der Waals surface area contributed by atoms with Crippen molar-refractivity contribution in [3.8, 4) is 11.4 Å². The topological polar surface area (TPSA) is 84.7 Å². The van der Waals surface area contributed by atoms with E-state index in [2.05, 4.69) is 15.0 Å². The van der Waals surface area contributed by atoms with Crippen LogP contribution in [-0.4, -0.2) is 20.9 Å². The van der Waals surface area contributed by atoms with Crippen molar-refractivity contribution in [1.29, 1.82) is 0 Å². The number of benzene rings is 1. The molecule has 1 amide bonds. The highest BCUT2D eigenvalue weighted by atomic mass is 35.5. The molecule has 0 atom stereocenters. The lowest BCUT2D eigenvalue weighted by Gasteiger charge is -1.99. The number of carbonyl (C=O) groups is 1. The molecule has 110 valence electrons. The summed E-state index contributed by atoms with van der Waals surface area (Å²) in [4.78, 5) is 23.0. The number of halogens is 1. The highest BCUT2D eigenvalue weighted by Crippen LogP contribution is 2.17. The molecule has 0 saturated carbocycles. The molecule has 0 aliphatic heterocycles. The van der Waals surface area contributed by atoms with E-state index in [1.807, 2.05) is 24.3 Å². The predicted octanol–water partition coefficient (Wildman–Crippen LogP) is 2.81. The van der Waals surface area contributed by atoms with Crippen molar-refractivity contribution in [3.05, 3.63) is 70.8 Å². The Kier molecular flexibility index (Phi) is 3.89. The molecule has 0 unspecified atom stereocenters. The Bertz CT molecular complexity index is 811. The van der Waals surface area contributed by atoms with E-state index < -0.39 is 5.91 Å². The van der Waals surface area contributed by atoms with Gasteiger partial charge in [-0.1, -0.05) is 23.7 Å². The number of rotatable bonds is 4. The van der Waals surface area contributed by atoms with Crippen LogP contribution in [0.15, 0.2) is 48.8 Å². The Balaban J connectivity index is 1.83. The Morgan fingerprint density at radius 2 is 1.95 bits per heavy atom. The maximum absolute atomic E-state index is 11.2. The summed E-state index contributed by atoms with van der Waals surface area (Å²) in [6, 6.07) is 10.8. The van der Waals surface area contributed by atoms with Gasteiger partial charge in [0, 0.05) is 29.4 Å². The van der Waals surface area contributed by atoms with Gasteiger partial charge in [0.1, 0.15) is 11.5 Å². The van der Waals surface area contributed by atoms with E-state index in [-0.39, 0.29) is 0 Å². The van der Waals surface area contributed by atoms with Gasteiger partial charge in [-0.2, -0.15) is 0 Å². The summed E-state index contributed by atoms with van der Waals surface area (Å²) < 4.78 is 0. The van der Waals surface area contributed by atoms with Crippen LogP contribution in [0.25, 0.3) is 11.4 Å². The molecule has 0 spiro atoms. The van der Waals surface area contributed by atoms with Crippen molar-refractivity contribution < 1.29 is 4.79 Å². The van der Waals surface area contributed by atoms with Crippen LogP contribution >= 0.6 is 11.6 Å². The zero-order chi connectivity index (χ0) is 15.5. The summed E-state index contributed by atoms with van der Waals surface area (Å²) in [5.41, 5.74) is 8.06. The summed E-state index contributed by atoms with van der Waals surface area (Å²) in [6.07, 6.45) is 3.97. The molecule has 22 heavy (non-hydrogen) atoms. The molecular weight excluding hydrogens is 300 g/mol. The quantitative estimate of drug-likeness (QED) is 0.777. The second kappa shape index (κ2) is 5.99. The molecule has 0 aliphatic rings. The van der Waals surface area contributed by atoms with Crippen molar-refractivity contribution in [1.82, 2.24) is 15.0 Å². The fourth-order valence-electron chi connectivity index (χ4n) is 2.10. The molecule has 0 bridgehead atoms. The normalized spacial score (nSPS) is 10.6. The Morgan fingerprint density at radius 1 is 1.18 bits per heavy atom. The summed E-state index contributed by atoms with van der Waals surface area (Å²) in [6.45, 7) is 0. The number of nitrogens with zero attached hydrogens (tertiary/aromatic N) is 2. The molecule has 5 nitrogen and oxygen atoms in total. The van der Waals surface area contributed by atoms with E-state index in [1.54, 1.807) is 24.5 Å². The van der Waals surface area contributed by atoms with Crippen LogP contribution in [0.2, 0.25) is 5.02 Å². The molecule has 6 heteroatoms. The van der Waals surface area contributed by atoms with Gasteiger partial charge >= 0.3 is 0 Å². The standard InChI is InChI=1S/C16H13ClN4O/c17-12-3-1-10(2-4-12)7-15-20-9-14(21-15)13-8-11(16(18)22)5-6-19-13/h1-6,8-9H,7H2,(H2,18,22)(H,20,21). The second-order valence-electron chi connectivity index (χ2n) is 4.83.